The second-order valence-corrected chi connectivity index (χ2v) is 4.02. The number of ketones is 1. The van der Waals surface area contributed by atoms with Gasteiger partial charge >= 0.3 is 0 Å². The van der Waals surface area contributed by atoms with Crippen molar-refractivity contribution < 1.29 is 4.79 Å². The van der Waals surface area contributed by atoms with Crippen LogP contribution in [0.3, 0.4) is 0 Å². The van der Waals surface area contributed by atoms with Gasteiger partial charge in [0.2, 0.25) is 0 Å². The third-order valence-corrected chi connectivity index (χ3v) is 2.08. The summed E-state index contributed by atoms with van der Waals surface area (Å²) in [5.41, 5.74) is -0.163. The summed E-state index contributed by atoms with van der Waals surface area (Å²) in [4.78, 5) is 10.8. The average Bonchev–Trinajstić information content (AvgIpc) is 1.85. The van der Waals surface area contributed by atoms with Gasteiger partial charge in [-0.15, -0.1) is 11.6 Å². The van der Waals surface area contributed by atoms with Crippen LogP contribution in [-0.2, 0) is 4.79 Å². The topological polar surface area (TPSA) is 17.1 Å². The van der Waals surface area contributed by atoms with Crippen molar-refractivity contribution in [1.29, 1.82) is 0 Å². The van der Waals surface area contributed by atoms with Crippen LogP contribution in [0.4, 0.5) is 0 Å². The predicted octanol–water partition coefficient (Wildman–Crippen LogP) is 2.96. The van der Waals surface area contributed by atoms with E-state index in [0.29, 0.717) is 5.03 Å². The molecule has 0 aromatic carbocycles. The zero-order chi connectivity index (χ0) is 9.07. The molecule has 0 aliphatic heterocycles. The van der Waals surface area contributed by atoms with Crippen LogP contribution in [0.5, 0.6) is 0 Å². The minimum Gasteiger partial charge on any atom is -0.293 e. The molecular formula is C8H12Cl2O. The lowest BCUT2D eigenvalue weighted by molar-refractivity contribution is -0.112. The fourth-order valence-corrected chi connectivity index (χ4v) is 0.595. The fourth-order valence-electron chi connectivity index (χ4n) is 0.396. The summed E-state index contributed by atoms with van der Waals surface area (Å²) in [6.07, 6.45) is 1.38. The third kappa shape index (κ3) is 4.44. The van der Waals surface area contributed by atoms with Crippen LogP contribution in [0.1, 0.15) is 20.8 Å². The minimum atomic E-state index is -0.163. The molecule has 0 unspecified atom stereocenters. The Kier molecular flexibility index (Phi) is 4.12. The third-order valence-electron chi connectivity index (χ3n) is 1.14. The number of carbonyl (C=O) groups excluding carboxylic acids is 1. The number of hydrogen-bond donors (Lipinski definition) is 0. The molecule has 3 heteroatoms. The van der Waals surface area contributed by atoms with Gasteiger partial charge in [-0.2, -0.15) is 0 Å². The number of rotatable bonds is 2. The van der Waals surface area contributed by atoms with Crippen molar-refractivity contribution in [2.45, 2.75) is 20.8 Å². The molecule has 0 aromatic rings. The van der Waals surface area contributed by atoms with Gasteiger partial charge in [-0.3, -0.25) is 4.79 Å². The maximum atomic E-state index is 10.8. The van der Waals surface area contributed by atoms with E-state index in [4.69, 9.17) is 23.2 Å². The molecule has 0 aliphatic carbocycles. The lowest BCUT2D eigenvalue weighted by atomic mass is 9.95. The van der Waals surface area contributed by atoms with Gasteiger partial charge in [0.1, 0.15) is 0 Å². The largest absolute Gasteiger partial charge is 0.293 e. The molecule has 0 fully saturated rings. The highest BCUT2D eigenvalue weighted by atomic mass is 35.5. The van der Waals surface area contributed by atoms with E-state index in [9.17, 15) is 4.79 Å². The van der Waals surface area contributed by atoms with Crippen molar-refractivity contribution in [2.24, 2.45) is 5.41 Å². The van der Waals surface area contributed by atoms with Crippen molar-refractivity contribution in [1.82, 2.24) is 0 Å². The first kappa shape index (κ1) is 11.0. The smallest absolute Gasteiger partial charge is 0.171 e. The molecule has 0 saturated carbocycles. The van der Waals surface area contributed by atoms with E-state index < -0.39 is 0 Å². The number of carbonyl (C=O) groups is 1. The summed E-state index contributed by atoms with van der Waals surface area (Å²) in [6.45, 7) is 5.81. The van der Waals surface area contributed by atoms with E-state index in [1.54, 1.807) is 0 Å². The van der Waals surface area contributed by atoms with Gasteiger partial charge in [0.25, 0.3) is 0 Å². The maximum absolute atomic E-state index is 10.8. The van der Waals surface area contributed by atoms with Crippen LogP contribution in [0.2, 0.25) is 0 Å². The highest BCUT2D eigenvalue weighted by Crippen LogP contribution is 2.28. The highest BCUT2D eigenvalue weighted by Gasteiger charge is 2.15. The normalized spacial score (nSPS) is 13.4. The Bertz CT molecular complexity index is 177. The van der Waals surface area contributed by atoms with Crippen molar-refractivity contribution in [3.05, 3.63) is 11.1 Å². The van der Waals surface area contributed by atoms with Crippen LogP contribution >= 0.6 is 23.2 Å². The van der Waals surface area contributed by atoms with Crippen LogP contribution < -0.4 is 0 Å². The molecule has 0 bridgehead atoms. The van der Waals surface area contributed by atoms with Crippen LogP contribution in [0, 0.1) is 5.41 Å². The van der Waals surface area contributed by atoms with Gasteiger partial charge in [0.05, 0.1) is 5.88 Å². The average molecular weight is 195 g/mol. The molecule has 0 saturated heterocycles. The zero-order valence-electron chi connectivity index (χ0n) is 6.95. The van der Waals surface area contributed by atoms with Gasteiger partial charge in [-0.1, -0.05) is 32.4 Å². The van der Waals surface area contributed by atoms with Gasteiger partial charge in [-0.05, 0) is 11.5 Å². The molecule has 0 atom stereocenters. The minimum absolute atomic E-state index is 0.00764. The zero-order valence-corrected chi connectivity index (χ0v) is 8.46. The first-order valence-corrected chi connectivity index (χ1v) is 4.25. The number of hydrogen-bond acceptors (Lipinski definition) is 1. The molecule has 0 spiro atoms. The second kappa shape index (κ2) is 4.13. The van der Waals surface area contributed by atoms with Crippen molar-refractivity contribution >= 4 is 29.0 Å². The number of allylic oxidation sites excluding steroid dienone is 2. The first-order valence-electron chi connectivity index (χ1n) is 3.34. The Morgan fingerprint density at radius 3 is 2.18 bits per heavy atom. The standard InChI is InChI=1S/C8H12Cl2O/c1-8(2,3)7(10)4-6(11)5-9/h4H,5H2,1-3H3/b7-4-. The van der Waals surface area contributed by atoms with Crippen molar-refractivity contribution in [3.8, 4) is 0 Å². The fraction of sp³-hybridized carbons (Fsp3) is 0.625. The van der Waals surface area contributed by atoms with Gasteiger partial charge in [0.15, 0.2) is 5.78 Å². The molecular weight excluding hydrogens is 183 g/mol. The Balaban J connectivity index is 4.35. The summed E-state index contributed by atoms with van der Waals surface area (Å²) < 4.78 is 0. The van der Waals surface area contributed by atoms with Crippen molar-refractivity contribution in [2.75, 3.05) is 5.88 Å². The van der Waals surface area contributed by atoms with Crippen molar-refractivity contribution in [3.63, 3.8) is 0 Å². The van der Waals surface area contributed by atoms with E-state index in [1.165, 1.54) is 6.08 Å². The van der Waals surface area contributed by atoms with Gasteiger partial charge < -0.3 is 0 Å². The summed E-state index contributed by atoms with van der Waals surface area (Å²) in [7, 11) is 0. The summed E-state index contributed by atoms with van der Waals surface area (Å²) in [6, 6.07) is 0. The Labute approximate surface area is 77.4 Å². The van der Waals surface area contributed by atoms with Gasteiger partial charge in [0, 0.05) is 5.03 Å². The summed E-state index contributed by atoms with van der Waals surface area (Å²) in [5, 5.41) is 0.545. The van der Waals surface area contributed by atoms with Gasteiger partial charge in [-0.25, -0.2) is 0 Å². The molecule has 0 amide bonds. The van der Waals surface area contributed by atoms with E-state index in [2.05, 4.69) is 0 Å². The lowest BCUT2D eigenvalue weighted by Gasteiger charge is -2.16. The number of alkyl halides is 1. The molecule has 1 nitrogen and oxygen atoms in total. The monoisotopic (exact) mass is 194 g/mol. The highest BCUT2D eigenvalue weighted by molar-refractivity contribution is 6.34. The quantitative estimate of drug-likeness (QED) is 0.489. The van der Waals surface area contributed by atoms with E-state index in [1.807, 2.05) is 20.8 Å². The second-order valence-electron chi connectivity index (χ2n) is 3.34. The molecule has 0 N–H and O–H groups in total. The Morgan fingerprint density at radius 1 is 1.45 bits per heavy atom. The molecule has 0 aliphatic rings. The molecule has 0 aromatic heterocycles. The van der Waals surface area contributed by atoms with Crippen LogP contribution in [0.15, 0.2) is 11.1 Å². The Hall–Kier alpha value is -0.0100. The van der Waals surface area contributed by atoms with Crippen LogP contribution in [0.25, 0.3) is 0 Å². The lowest BCUT2D eigenvalue weighted by Crippen LogP contribution is -2.07. The van der Waals surface area contributed by atoms with E-state index in [-0.39, 0.29) is 17.1 Å². The van der Waals surface area contributed by atoms with Crippen LogP contribution in [-0.4, -0.2) is 11.7 Å². The van der Waals surface area contributed by atoms with E-state index >= 15 is 0 Å². The van der Waals surface area contributed by atoms with E-state index in [0.717, 1.165) is 0 Å². The molecule has 11 heavy (non-hydrogen) atoms. The molecule has 0 rings (SSSR count). The SMILES string of the molecule is CC(C)(C)/C(Cl)=C/C(=O)CCl. The molecule has 0 heterocycles. The first-order chi connectivity index (χ1) is 4.88. The summed E-state index contributed by atoms with van der Waals surface area (Å²) in [5.74, 6) is -0.154. The molecule has 0 radical (unpaired) electrons. The number of halogens is 2. The predicted molar refractivity (Wildman–Crippen MR) is 49.1 cm³/mol. The summed E-state index contributed by atoms with van der Waals surface area (Å²) >= 11 is 11.1. The maximum Gasteiger partial charge on any atom is 0.171 e. The molecule has 64 valence electrons. The Morgan fingerprint density at radius 2 is 1.91 bits per heavy atom.